The Labute approximate surface area is 103 Å². The lowest BCUT2D eigenvalue weighted by Crippen LogP contribution is -2.37. The van der Waals surface area contributed by atoms with Crippen LogP contribution in [0, 0.1) is 0 Å². The van der Waals surface area contributed by atoms with E-state index in [0.717, 1.165) is 5.56 Å². The molecule has 0 amide bonds. The summed E-state index contributed by atoms with van der Waals surface area (Å²) in [5.41, 5.74) is 2.35. The highest BCUT2D eigenvalue weighted by Gasteiger charge is 2.19. The molecule has 0 radical (unpaired) electrons. The molecule has 0 saturated heterocycles. The summed E-state index contributed by atoms with van der Waals surface area (Å²) in [7, 11) is 3.59. The van der Waals surface area contributed by atoms with Crippen molar-refractivity contribution >= 4 is 5.97 Å². The third-order valence-corrected chi connectivity index (χ3v) is 2.98. The summed E-state index contributed by atoms with van der Waals surface area (Å²) in [4.78, 5) is 12.8. The first-order valence-corrected chi connectivity index (χ1v) is 5.90. The van der Waals surface area contributed by atoms with Gasteiger partial charge < -0.3 is 5.11 Å². The van der Waals surface area contributed by atoms with Gasteiger partial charge in [-0.2, -0.15) is 0 Å². The molecule has 94 valence electrons. The molecule has 0 unspecified atom stereocenters. The standard InChI is InChI=1S/C14H21NO2/c1-10(2)12-7-5-11(6-8-12)9-13(14(16)17)15(3)4/h5-8,10,13H,9H2,1-4H3,(H,16,17)/t13-/m1/s1. The van der Waals surface area contributed by atoms with Crippen LogP contribution in [0.2, 0.25) is 0 Å². The van der Waals surface area contributed by atoms with Crippen LogP contribution < -0.4 is 0 Å². The van der Waals surface area contributed by atoms with Gasteiger partial charge in [-0.1, -0.05) is 38.1 Å². The second-order valence-electron chi connectivity index (χ2n) is 4.92. The zero-order chi connectivity index (χ0) is 13.0. The first kappa shape index (κ1) is 13.7. The summed E-state index contributed by atoms with van der Waals surface area (Å²) < 4.78 is 0. The molecule has 0 aliphatic rings. The van der Waals surface area contributed by atoms with Crippen molar-refractivity contribution in [3.63, 3.8) is 0 Å². The molecule has 1 rings (SSSR count). The van der Waals surface area contributed by atoms with Crippen LogP contribution >= 0.6 is 0 Å². The van der Waals surface area contributed by atoms with E-state index >= 15 is 0 Å². The van der Waals surface area contributed by atoms with Crippen LogP contribution in [0.25, 0.3) is 0 Å². The van der Waals surface area contributed by atoms with Crippen LogP contribution in [-0.4, -0.2) is 36.1 Å². The lowest BCUT2D eigenvalue weighted by Gasteiger charge is -2.20. The van der Waals surface area contributed by atoms with E-state index in [-0.39, 0.29) is 0 Å². The normalized spacial score (nSPS) is 13.1. The van der Waals surface area contributed by atoms with Crippen LogP contribution in [0.5, 0.6) is 0 Å². The third-order valence-electron chi connectivity index (χ3n) is 2.98. The van der Waals surface area contributed by atoms with E-state index in [9.17, 15) is 4.79 Å². The van der Waals surface area contributed by atoms with Crippen LogP contribution in [-0.2, 0) is 11.2 Å². The second kappa shape index (κ2) is 5.82. The molecule has 1 aromatic rings. The molecule has 0 aliphatic carbocycles. The Morgan fingerprint density at radius 2 is 1.76 bits per heavy atom. The molecule has 3 nitrogen and oxygen atoms in total. The van der Waals surface area contributed by atoms with E-state index in [4.69, 9.17) is 5.11 Å². The van der Waals surface area contributed by atoms with Gasteiger partial charge in [-0.3, -0.25) is 9.69 Å². The van der Waals surface area contributed by atoms with Gasteiger partial charge in [0.1, 0.15) is 6.04 Å². The summed E-state index contributed by atoms with van der Waals surface area (Å²) in [5, 5.41) is 9.11. The number of carboxylic acids is 1. The number of hydrogen-bond donors (Lipinski definition) is 1. The Bertz CT molecular complexity index is 368. The van der Waals surface area contributed by atoms with Crippen molar-refractivity contribution in [2.45, 2.75) is 32.2 Å². The number of carboxylic acid groups (broad SMARTS) is 1. The molecule has 17 heavy (non-hydrogen) atoms. The summed E-state index contributed by atoms with van der Waals surface area (Å²) in [5.74, 6) is -0.267. The molecule has 1 aromatic carbocycles. The predicted molar refractivity (Wildman–Crippen MR) is 69.3 cm³/mol. The maximum atomic E-state index is 11.1. The lowest BCUT2D eigenvalue weighted by molar-refractivity contribution is -0.142. The highest BCUT2D eigenvalue weighted by molar-refractivity contribution is 5.73. The largest absolute Gasteiger partial charge is 0.480 e. The predicted octanol–water partition coefficient (Wildman–Crippen LogP) is 2.37. The number of nitrogens with zero attached hydrogens (tertiary/aromatic N) is 1. The molecule has 0 aliphatic heterocycles. The topological polar surface area (TPSA) is 40.5 Å². The number of rotatable bonds is 5. The molecule has 1 atom stereocenters. The van der Waals surface area contributed by atoms with Crippen LogP contribution in [0.3, 0.4) is 0 Å². The van der Waals surface area contributed by atoms with Crippen LogP contribution in [0.15, 0.2) is 24.3 Å². The molecular weight excluding hydrogens is 214 g/mol. The van der Waals surface area contributed by atoms with Gasteiger partial charge in [0.15, 0.2) is 0 Å². The first-order valence-electron chi connectivity index (χ1n) is 5.90. The summed E-state index contributed by atoms with van der Waals surface area (Å²) in [6, 6.07) is 7.74. The smallest absolute Gasteiger partial charge is 0.321 e. The van der Waals surface area contributed by atoms with Gasteiger partial charge in [0, 0.05) is 0 Å². The van der Waals surface area contributed by atoms with Crippen molar-refractivity contribution in [1.82, 2.24) is 4.90 Å². The van der Waals surface area contributed by atoms with Gasteiger partial charge in [-0.25, -0.2) is 0 Å². The monoisotopic (exact) mass is 235 g/mol. The lowest BCUT2D eigenvalue weighted by atomic mass is 9.99. The van der Waals surface area contributed by atoms with E-state index in [1.165, 1.54) is 5.56 Å². The number of hydrogen-bond acceptors (Lipinski definition) is 2. The maximum absolute atomic E-state index is 11.1. The van der Waals surface area contributed by atoms with E-state index < -0.39 is 12.0 Å². The Morgan fingerprint density at radius 3 is 2.12 bits per heavy atom. The van der Waals surface area contributed by atoms with Gasteiger partial charge in [0.2, 0.25) is 0 Å². The second-order valence-corrected chi connectivity index (χ2v) is 4.92. The highest BCUT2D eigenvalue weighted by atomic mass is 16.4. The SMILES string of the molecule is CC(C)c1ccc(C[C@H](C(=O)O)N(C)C)cc1. The number of aliphatic carboxylic acids is 1. The molecule has 0 bridgehead atoms. The third kappa shape index (κ3) is 3.86. The van der Waals surface area contributed by atoms with E-state index in [1.54, 1.807) is 19.0 Å². The molecular formula is C14H21NO2. The number of benzene rings is 1. The van der Waals surface area contributed by atoms with Crippen molar-refractivity contribution in [2.75, 3.05) is 14.1 Å². The molecule has 0 spiro atoms. The maximum Gasteiger partial charge on any atom is 0.321 e. The van der Waals surface area contributed by atoms with Gasteiger partial charge in [-0.05, 0) is 37.6 Å². The zero-order valence-corrected chi connectivity index (χ0v) is 11.0. The Morgan fingerprint density at radius 1 is 1.24 bits per heavy atom. The molecule has 0 heterocycles. The number of carbonyl (C=O) groups is 1. The highest BCUT2D eigenvalue weighted by Crippen LogP contribution is 2.16. The van der Waals surface area contributed by atoms with E-state index in [1.807, 2.05) is 12.1 Å². The number of likely N-dealkylation sites (N-methyl/N-ethyl adjacent to an activating group) is 1. The fraction of sp³-hybridized carbons (Fsp3) is 0.500. The average molecular weight is 235 g/mol. The van der Waals surface area contributed by atoms with Crippen molar-refractivity contribution in [2.24, 2.45) is 0 Å². The van der Waals surface area contributed by atoms with Crippen molar-refractivity contribution in [3.05, 3.63) is 35.4 Å². The van der Waals surface area contributed by atoms with Gasteiger partial charge in [-0.15, -0.1) is 0 Å². The quantitative estimate of drug-likeness (QED) is 0.851. The molecule has 3 heteroatoms. The van der Waals surface area contributed by atoms with E-state index in [0.29, 0.717) is 12.3 Å². The van der Waals surface area contributed by atoms with Crippen molar-refractivity contribution in [1.29, 1.82) is 0 Å². The molecule has 0 aromatic heterocycles. The van der Waals surface area contributed by atoms with Crippen molar-refractivity contribution < 1.29 is 9.90 Å². The van der Waals surface area contributed by atoms with Crippen LogP contribution in [0.1, 0.15) is 30.9 Å². The summed E-state index contributed by atoms with van der Waals surface area (Å²) in [6.45, 7) is 4.30. The minimum absolute atomic E-state index is 0.458. The van der Waals surface area contributed by atoms with Gasteiger partial charge >= 0.3 is 5.97 Å². The van der Waals surface area contributed by atoms with Crippen molar-refractivity contribution in [3.8, 4) is 0 Å². The molecule has 1 N–H and O–H groups in total. The minimum Gasteiger partial charge on any atom is -0.480 e. The molecule has 0 saturated carbocycles. The fourth-order valence-corrected chi connectivity index (χ4v) is 1.75. The average Bonchev–Trinajstić information content (AvgIpc) is 2.25. The zero-order valence-electron chi connectivity index (χ0n) is 11.0. The van der Waals surface area contributed by atoms with E-state index in [2.05, 4.69) is 26.0 Å². The summed E-state index contributed by atoms with van der Waals surface area (Å²) >= 11 is 0. The first-order chi connectivity index (χ1) is 7.91. The molecule has 0 fully saturated rings. The summed E-state index contributed by atoms with van der Waals surface area (Å²) in [6.07, 6.45) is 0.542. The Hall–Kier alpha value is -1.35. The van der Waals surface area contributed by atoms with Gasteiger partial charge in [0.25, 0.3) is 0 Å². The van der Waals surface area contributed by atoms with Crippen LogP contribution in [0.4, 0.5) is 0 Å². The minimum atomic E-state index is -0.775. The Balaban J connectivity index is 2.77. The van der Waals surface area contributed by atoms with Gasteiger partial charge in [0.05, 0.1) is 0 Å². The fourth-order valence-electron chi connectivity index (χ4n) is 1.75. The Kier molecular flexibility index (Phi) is 4.70.